The van der Waals surface area contributed by atoms with Gasteiger partial charge < -0.3 is 5.32 Å². The molecule has 0 unspecified atom stereocenters. The van der Waals surface area contributed by atoms with Crippen LogP contribution in [0, 0.1) is 6.92 Å². The summed E-state index contributed by atoms with van der Waals surface area (Å²) >= 11 is 3.42. The molecule has 0 aliphatic heterocycles. The maximum atomic E-state index is 11.9. The van der Waals surface area contributed by atoms with Crippen molar-refractivity contribution < 1.29 is 4.79 Å². The molecule has 2 nitrogen and oxygen atoms in total. The maximum absolute atomic E-state index is 11.9. The van der Waals surface area contributed by atoms with E-state index in [1.807, 2.05) is 55.5 Å². The first-order valence-electron chi connectivity index (χ1n) is 6.20. The van der Waals surface area contributed by atoms with Crippen molar-refractivity contribution in [3.63, 3.8) is 0 Å². The van der Waals surface area contributed by atoms with Crippen LogP contribution in [0.4, 0.5) is 0 Å². The Labute approximate surface area is 122 Å². The Kier molecular flexibility index (Phi) is 4.74. The fourth-order valence-electron chi connectivity index (χ4n) is 1.92. The molecular formula is C16H16BrNO. The van der Waals surface area contributed by atoms with E-state index in [4.69, 9.17) is 0 Å². The second kappa shape index (κ2) is 6.53. The van der Waals surface area contributed by atoms with Gasteiger partial charge in [-0.15, -0.1) is 0 Å². The molecule has 98 valence electrons. The van der Waals surface area contributed by atoms with Gasteiger partial charge in [0.05, 0.1) is 6.42 Å². The number of hydrogen-bond acceptors (Lipinski definition) is 1. The fraction of sp³-hybridized carbons (Fsp3) is 0.188. The third-order valence-corrected chi connectivity index (χ3v) is 3.32. The van der Waals surface area contributed by atoms with Crippen LogP contribution in [0.3, 0.4) is 0 Å². The van der Waals surface area contributed by atoms with Gasteiger partial charge in [-0.25, -0.2) is 0 Å². The zero-order valence-electron chi connectivity index (χ0n) is 10.8. The number of benzene rings is 2. The second-order valence-electron chi connectivity index (χ2n) is 4.57. The highest BCUT2D eigenvalue weighted by molar-refractivity contribution is 9.10. The lowest BCUT2D eigenvalue weighted by molar-refractivity contribution is -0.120. The van der Waals surface area contributed by atoms with Crippen LogP contribution in [0.15, 0.2) is 53.0 Å². The van der Waals surface area contributed by atoms with Crippen molar-refractivity contribution in [3.05, 3.63) is 69.7 Å². The fourth-order valence-corrected chi connectivity index (χ4v) is 2.36. The molecule has 19 heavy (non-hydrogen) atoms. The Bertz CT molecular complexity index is 580. The summed E-state index contributed by atoms with van der Waals surface area (Å²) in [5.41, 5.74) is 3.32. The Morgan fingerprint density at radius 2 is 1.84 bits per heavy atom. The van der Waals surface area contributed by atoms with Crippen LogP contribution in [-0.4, -0.2) is 5.91 Å². The summed E-state index contributed by atoms with van der Waals surface area (Å²) in [6.07, 6.45) is 0.426. The van der Waals surface area contributed by atoms with Crippen molar-refractivity contribution in [2.75, 3.05) is 0 Å². The molecule has 0 heterocycles. The van der Waals surface area contributed by atoms with Crippen LogP contribution in [0.25, 0.3) is 0 Å². The molecule has 2 aromatic carbocycles. The largest absolute Gasteiger partial charge is 0.352 e. The number of carbonyl (C=O) groups excluding carboxylic acids is 1. The highest BCUT2D eigenvalue weighted by atomic mass is 79.9. The van der Waals surface area contributed by atoms with E-state index in [0.717, 1.165) is 15.6 Å². The summed E-state index contributed by atoms with van der Waals surface area (Å²) in [6, 6.07) is 16.0. The zero-order valence-corrected chi connectivity index (χ0v) is 12.4. The van der Waals surface area contributed by atoms with Gasteiger partial charge in [-0.3, -0.25) is 4.79 Å². The van der Waals surface area contributed by atoms with Crippen LogP contribution in [-0.2, 0) is 17.8 Å². The van der Waals surface area contributed by atoms with Crippen molar-refractivity contribution in [2.24, 2.45) is 0 Å². The van der Waals surface area contributed by atoms with Gasteiger partial charge in [0, 0.05) is 11.0 Å². The molecule has 0 saturated carbocycles. The molecule has 1 amide bonds. The highest BCUT2D eigenvalue weighted by Gasteiger charge is 2.03. The molecule has 0 spiro atoms. The Morgan fingerprint density at radius 1 is 1.11 bits per heavy atom. The Balaban J connectivity index is 1.88. The third-order valence-electron chi connectivity index (χ3n) is 2.83. The van der Waals surface area contributed by atoms with Crippen LogP contribution in [0.5, 0.6) is 0 Å². The predicted octanol–water partition coefficient (Wildman–Crippen LogP) is 3.62. The lowest BCUT2D eigenvalue weighted by Crippen LogP contribution is -2.24. The molecule has 0 aromatic heterocycles. The van der Waals surface area contributed by atoms with Gasteiger partial charge in [-0.05, 0) is 30.2 Å². The average Bonchev–Trinajstić information content (AvgIpc) is 2.36. The molecule has 0 fully saturated rings. The van der Waals surface area contributed by atoms with Crippen molar-refractivity contribution in [3.8, 4) is 0 Å². The summed E-state index contributed by atoms with van der Waals surface area (Å²) in [7, 11) is 0. The van der Waals surface area contributed by atoms with Gasteiger partial charge in [-0.2, -0.15) is 0 Å². The number of amides is 1. The van der Waals surface area contributed by atoms with Crippen LogP contribution in [0.1, 0.15) is 16.7 Å². The lowest BCUT2D eigenvalue weighted by atomic mass is 10.1. The SMILES string of the molecule is Cc1cccc(CC(=O)NCc2cccc(Br)c2)c1. The van der Waals surface area contributed by atoms with Gasteiger partial charge in [0.15, 0.2) is 0 Å². The van der Waals surface area contributed by atoms with Gasteiger partial charge in [0.1, 0.15) is 0 Å². The monoisotopic (exact) mass is 317 g/mol. The molecular weight excluding hydrogens is 302 g/mol. The van der Waals surface area contributed by atoms with Crippen molar-refractivity contribution >= 4 is 21.8 Å². The normalized spacial score (nSPS) is 10.2. The van der Waals surface area contributed by atoms with E-state index in [2.05, 4.69) is 21.2 Å². The Morgan fingerprint density at radius 3 is 2.58 bits per heavy atom. The molecule has 0 atom stereocenters. The van der Waals surface area contributed by atoms with E-state index < -0.39 is 0 Å². The number of carbonyl (C=O) groups is 1. The molecule has 1 N–H and O–H groups in total. The van der Waals surface area contributed by atoms with Gasteiger partial charge in [-0.1, -0.05) is 57.9 Å². The zero-order chi connectivity index (χ0) is 13.7. The first kappa shape index (κ1) is 13.8. The third kappa shape index (κ3) is 4.52. The minimum atomic E-state index is 0.0468. The number of rotatable bonds is 4. The van der Waals surface area contributed by atoms with E-state index in [-0.39, 0.29) is 5.91 Å². The maximum Gasteiger partial charge on any atom is 0.224 e. The number of nitrogens with one attached hydrogen (secondary N) is 1. The second-order valence-corrected chi connectivity index (χ2v) is 5.49. The minimum absolute atomic E-state index is 0.0468. The molecule has 2 aromatic rings. The summed E-state index contributed by atoms with van der Waals surface area (Å²) in [4.78, 5) is 11.9. The molecule has 0 bridgehead atoms. The van der Waals surface area contributed by atoms with E-state index in [1.165, 1.54) is 5.56 Å². The van der Waals surface area contributed by atoms with Crippen LogP contribution < -0.4 is 5.32 Å². The lowest BCUT2D eigenvalue weighted by Gasteiger charge is -2.06. The average molecular weight is 318 g/mol. The van der Waals surface area contributed by atoms with E-state index in [1.54, 1.807) is 0 Å². The van der Waals surface area contributed by atoms with E-state index >= 15 is 0 Å². The molecule has 2 rings (SSSR count). The smallest absolute Gasteiger partial charge is 0.224 e. The predicted molar refractivity (Wildman–Crippen MR) is 80.9 cm³/mol. The van der Waals surface area contributed by atoms with Crippen molar-refractivity contribution in [1.82, 2.24) is 5.32 Å². The van der Waals surface area contributed by atoms with Gasteiger partial charge in [0.25, 0.3) is 0 Å². The molecule has 3 heteroatoms. The first-order chi connectivity index (χ1) is 9.13. The number of hydrogen-bond donors (Lipinski definition) is 1. The molecule has 0 saturated heterocycles. The van der Waals surface area contributed by atoms with Crippen LogP contribution in [0.2, 0.25) is 0 Å². The number of aryl methyl sites for hydroxylation is 1. The summed E-state index contributed by atoms with van der Waals surface area (Å²) in [5, 5.41) is 2.93. The topological polar surface area (TPSA) is 29.1 Å². The quantitative estimate of drug-likeness (QED) is 0.917. The van der Waals surface area contributed by atoms with Crippen molar-refractivity contribution in [2.45, 2.75) is 19.9 Å². The van der Waals surface area contributed by atoms with Crippen LogP contribution >= 0.6 is 15.9 Å². The Hall–Kier alpha value is -1.61. The van der Waals surface area contributed by atoms with E-state index in [9.17, 15) is 4.79 Å². The summed E-state index contributed by atoms with van der Waals surface area (Å²) in [6.45, 7) is 2.59. The van der Waals surface area contributed by atoms with E-state index in [0.29, 0.717) is 13.0 Å². The summed E-state index contributed by atoms with van der Waals surface area (Å²) < 4.78 is 1.03. The van der Waals surface area contributed by atoms with Crippen molar-refractivity contribution in [1.29, 1.82) is 0 Å². The van der Waals surface area contributed by atoms with Gasteiger partial charge in [0.2, 0.25) is 5.91 Å². The van der Waals surface area contributed by atoms with Gasteiger partial charge >= 0.3 is 0 Å². The molecule has 0 aliphatic rings. The summed E-state index contributed by atoms with van der Waals surface area (Å²) in [5.74, 6) is 0.0468. The first-order valence-corrected chi connectivity index (χ1v) is 6.99. The number of halogens is 1. The minimum Gasteiger partial charge on any atom is -0.352 e. The highest BCUT2D eigenvalue weighted by Crippen LogP contribution is 2.11. The molecule has 0 radical (unpaired) electrons. The standard InChI is InChI=1S/C16H16BrNO/c1-12-4-2-5-13(8-12)10-16(19)18-11-14-6-3-7-15(17)9-14/h2-9H,10-11H2,1H3,(H,18,19). The molecule has 0 aliphatic carbocycles.